The van der Waals surface area contributed by atoms with E-state index in [4.69, 9.17) is 21.3 Å². The van der Waals surface area contributed by atoms with E-state index in [-0.39, 0.29) is 16.7 Å². The number of nitrogens with zero attached hydrogens (tertiary/aromatic N) is 3. The molecule has 7 heteroatoms. The second-order valence-corrected chi connectivity index (χ2v) is 7.86. The van der Waals surface area contributed by atoms with E-state index < -0.39 is 6.43 Å². The Kier molecular flexibility index (Phi) is 5.40. The Hall–Kier alpha value is -2.31. The summed E-state index contributed by atoms with van der Waals surface area (Å²) in [7, 11) is 0. The first-order valence-electron chi connectivity index (χ1n) is 9.58. The second kappa shape index (κ2) is 7.84. The van der Waals surface area contributed by atoms with Gasteiger partial charge < -0.3 is 9.30 Å². The zero-order chi connectivity index (χ0) is 20.7. The van der Waals surface area contributed by atoms with Crippen LogP contribution in [0.15, 0.2) is 30.3 Å². The van der Waals surface area contributed by atoms with Crippen LogP contribution in [0.5, 0.6) is 0 Å². The minimum atomic E-state index is -2.65. The van der Waals surface area contributed by atoms with Gasteiger partial charge in [-0.25, -0.2) is 13.8 Å². The maximum absolute atomic E-state index is 13.4. The first-order valence-corrected chi connectivity index (χ1v) is 9.96. The third-order valence-electron chi connectivity index (χ3n) is 5.10. The molecule has 1 aliphatic heterocycles. The van der Waals surface area contributed by atoms with Crippen molar-refractivity contribution in [2.75, 3.05) is 6.61 Å². The molecule has 29 heavy (non-hydrogen) atoms. The molecule has 152 valence electrons. The molecule has 0 saturated carbocycles. The normalized spacial score (nSPS) is 16.7. The molecule has 0 amide bonds. The zero-order valence-electron chi connectivity index (χ0n) is 16.5. The lowest BCUT2D eigenvalue weighted by molar-refractivity contribution is 0.0666. The maximum Gasteiger partial charge on any atom is 0.265 e. The van der Waals surface area contributed by atoms with Gasteiger partial charge in [0.2, 0.25) is 0 Å². The number of alkyl halides is 2. The molecule has 0 spiro atoms. The van der Waals surface area contributed by atoms with E-state index in [1.54, 1.807) is 6.07 Å². The van der Waals surface area contributed by atoms with Crippen LogP contribution in [0, 0.1) is 13.8 Å². The van der Waals surface area contributed by atoms with Crippen molar-refractivity contribution >= 4 is 11.6 Å². The third kappa shape index (κ3) is 3.91. The summed E-state index contributed by atoms with van der Waals surface area (Å²) in [6.07, 6.45) is -1.95. The summed E-state index contributed by atoms with van der Waals surface area (Å²) in [5.41, 5.74) is 5.12. The van der Waals surface area contributed by atoms with E-state index in [2.05, 4.69) is 9.55 Å². The monoisotopic (exact) mass is 417 g/mol. The van der Waals surface area contributed by atoms with Crippen molar-refractivity contribution in [3.63, 3.8) is 0 Å². The number of fused-ring (bicyclic) bond motifs is 1. The Morgan fingerprint density at radius 3 is 2.52 bits per heavy atom. The highest BCUT2D eigenvalue weighted by Crippen LogP contribution is 2.35. The van der Waals surface area contributed by atoms with E-state index in [0.29, 0.717) is 31.0 Å². The van der Waals surface area contributed by atoms with Gasteiger partial charge in [-0.2, -0.15) is 0 Å². The van der Waals surface area contributed by atoms with Crippen molar-refractivity contribution in [1.29, 1.82) is 0 Å². The summed E-state index contributed by atoms with van der Waals surface area (Å²) >= 11 is 5.97. The van der Waals surface area contributed by atoms with Gasteiger partial charge in [-0.1, -0.05) is 11.6 Å². The van der Waals surface area contributed by atoms with Crippen LogP contribution >= 0.6 is 11.6 Å². The molecule has 1 aliphatic rings. The van der Waals surface area contributed by atoms with Crippen molar-refractivity contribution in [2.45, 2.75) is 46.3 Å². The number of hydrogen-bond donors (Lipinski definition) is 0. The smallest absolute Gasteiger partial charge is 0.265 e. The van der Waals surface area contributed by atoms with Gasteiger partial charge in [-0.15, -0.1) is 0 Å². The summed E-state index contributed by atoms with van der Waals surface area (Å²) in [6, 6.07) is 8.69. The van der Waals surface area contributed by atoms with Crippen molar-refractivity contribution in [3.05, 3.63) is 58.0 Å². The molecule has 0 fully saturated rings. The van der Waals surface area contributed by atoms with Crippen LogP contribution in [0.3, 0.4) is 0 Å². The summed E-state index contributed by atoms with van der Waals surface area (Å²) in [4.78, 5) is 9.36. The fraction of sp³-hybridized carbons (Fsp3) is 0.364. The molecular formula is C22H22ClF2N3O. The molecular weight excluding hydrogens is 396 g/mol. The molecule has 0 saturated heterocycles. The highest BCUT2D eigenvalue weighted by atomic mass is 35.5. The lowest BCUT2D eigenvalue weighted by atomic mass is 10.1. The average molecular weight is 418 g/mol. The van der Waals surface area contributed by atoms with E-state index in [1.807, 2.05) is 32.9 Å². The first kappa shape index (κ1) is 20.0. The Balaban J connectivity index is 1.93. The van der Waals surface area contributed by atoms with Crippen LogP contribution in [-0.4, -0.2) is 27.2 Å². The molecule has 0 aliphatic carbocycles. The minimum absolute atomic E-state index is 0.000156. The Morgan fingerprint density at radius 2 is 1.83 bits per heavy atom. The standard InChI is InChI=1S/C22H22ClF2N3O/c1-12-8-16(9-13(2)26-12)20-19-6-7-29-14(3)11-28(19)22(27-20)15-4-5-18(23)17(10-15)21(24)25/h4-5,8-10,14,21H,6-7,11H2,1-3H3. The summed E-state index contributed by atoms with van der Waals surface area (Å²) in [5.74, 6) is 0.651. The Bertz CT molecular complexity index is 1040. The highest BCUT2D eigenvalue weighted by molar-refractivity contribution is 6.31. The molecule has 1 unspecified atom stereocenters. The van der Waals surface area contributed by atoms with E-state index >= 15 is 0 Å². The van der Waals surface area contributed by atoms with Crippen LogP contribution in [-0.2, 0) is 17.7 Å². The fourth-order valence-electron chi connectivity index (χ4n) is 3.88. The molecule has 4 rings (SSSR count). The number of benzene rings is 1. The molecule has 3 heterocycles. The van der Waals surface area contributed by atoms with Crippen LogP contribution in [0.1, 0.15) is 36.0 Å². The van der Waals surface area contributed by atoms with Gasteiger partial charge in [-0.05, 0) is 51.1 Å². The van der Waals surface area contributed by atoms with Crippen molar-refractivity contribution < 1.29 is 13.5 Å². The van der Waals surface area contributed by atoms with E-state index in [0.717, 1.165) is 28.3 Å². The lowest BCUT2D eigenvalue weighted by Crippen LogP contribution is -2.15. The van der Waals surface area contributed by atoms with Crippen molar-refractivity contribution in [1.82, 2.24) is 14.5 Å². The lowest BCUT2D eigenvalue weighted by Gasteiger charge is -2.13. The SMILES string of the molecule is Cc1cc(-c2nc(-c3ccc(Cl)c(C(F)F)c3)n3c2CCOC(C)C3)cc(C)n1. The van der Waals surface area contributed by atoms with Crippen LogP contribution < -0.4 is 0 Å². The van der Waals surface area contributed by atoms with E-state index in [1.165, 1.54) is 12.1 Å². The first-order chi connectivity index (χ1) is 13.8. The Labute approximate surface area is 173 Å². The second-order valence-electron chi connectivity index (χ2n) is 7.45. The van der Waals surface area contributed by atoms with Crippen LogP contribution in [0.4, 0.5) is 8.78 Å². The third-order valence-corrected chi connectivity index (χ3v) is 5.44. The van der Waals surface area contributed by atoms with Gasteiger partial charge in [0.15, 0.2) is 0 Å². The quantitative estimate of drug-likeness (QED) is 0.542. The molecule has 2 aromatic heterocycles. The molecule has 1 atom stereocenters. The molecule has 3 aromatic rings. The Morgan fingerprint density at radius 1 is 1.10 bits per heavy atom. The number of hydrogen-bond acceptors (Lipinski definition) is 3. The van der Waals surface area contributed by atoms with Crippen LogP contribution in [0.25, 0.3) is 22.6 Å². The molecule has 0 bridgehead atoms. The number of ether oxygens (including phenoxy) is 1. The maximum atomic E-state index is 13.4. The van der Waals surface area contributed by atoms with Gasteiger partial charge in [0.25, 0.3) is 6.43 Å². The number of aromatic nitrogens is 3. The largest absolute Gasteiger partial charge is 0.376 e. The van der Waals surface area contributed by atoms with Crippen LogP contribution in [0.2, 0.25) is 5.02 Å². The highest BCUT2D eigenvalue weighted by Gasteiger charge is 2.25. The number of aryl methyl sites for hydroxylation is 2. The van der Waals surface area contributed by atoms with Gasteiger partial charge in [-0.3, -0.25) is 4.98 Å². The molecule has 0 radical (unpaired) electrons. The fourth-order valence-corrected chi connectivity index (χ4v) is 4.08. The van der Waals surface area contributed by atoms with Gasteiger partial charge in [0, 0.05) is 45.2 Å². The summed E-state index contributed by atoms with van der Waals surface area (Å²) in [6.45, 7) is 7.10. The molecule has 4 nitrogen and oxygen atoms in total. The van der Waals surface area contributed by atoms with E-state index in [9.17, 15) is 8.78 Å². The predicted octanol–water partition coefficient (Wildman–Crippen LogP) is 5.78. The predicted molar refractivity (Wildman–Crippen MR) is 109 cm³/mol. The summed E-state index contributed by atoms with van der Waals surface area (Å²) in [5, 5.41) is 0.0590. The van der Waals surface area contributed by atoms with Gasteiger partial charge in [0.05, 0.1) is 24.9 Å². The van der Waals surface area contributed by atoms with Gasteiger partial charge >= 0.3 is 0 Å². The summed E-state index contributed by atoms with van der Waals surface area (Å²) < 4.78 is 34.8. The number of rotatable bonds is 3. The number of pyridine rings is 1. The van der Waals surface area contributed by atoms with Crippen molar-refractivity contribution in [2.24, 2.45) is 0 Å². The number of halogens is 3. The molecule has 0 N–H and O–H groups in total. The average Bonchev–Trinajstić information content (AvgIpc) is 2.88. The number of imidazole rings is 1. The van der Waals surface area contributed by atoms with Gasteiger partial charge in [0.1, 0.15) is 5.82 Å². The topological polar surface area (TPSA) is 39.9 Å². The minimum Gasteiger partial charge on any atom is -0.376 e. The molecule has 1 aromatic carbocycles. The van der Waals surface area contributed by atoms with Crippen molar-refractivity contribution in [3.8, 4) is 22.6 Å². The zero-order valence-corrected chi connectivity index (χ0v) is 17.3.